The van der Waals surface area contributed by atoms with E-state index >= 15 is 0 Å². The topological polar surface area (TPSA) is 17.1 Å². The summed E-state index contributed by atoms with van der Waals surface area (Å²) in [5, 5.41) is 0. The molecule has 0 fully saturated rings. The van der Waals surface area contributed by atoms with E-state index in [0.29, 0.717) is 5.56 Å². The monoisotopic (exact) mass is 238 g/mol. The van der Waals surface area contributed by atoms with Crippen molar-refractivity contribution < 1.29 is 4.79 Å². The molecule has 0 aliphatic rings. The van der Waals surface area contributed by atoms with Gasteiger partial charge in [0.25, 0.3) is 0 Å². The minimum absolute atomic E-state index is 0.0386. The minimum atomic E-state index is -0.0386. The quantitative estimate of drug-likeness (QED) is 0.583. The molecule has 0 heterocycles. The summed E-state index contributed by atoms with van der Waals surface area (Å²) in [5.74, 6) is -0.0386. The maximum Gasteiger partial charge on any atom is 0.185 e. The van der Waals surface area contributed by atoms with E-state index in [1.807, 2.05) is 18.2 Å². The SMILES string of the molecule is C=CC(=O)c1ccc(CC)c(Br)c1. The summed E-state index contributed by atoms with van der Waals surface area (Å²) < 4.78 is 0.989. The Kier molecular flexibility index (Phi) is 3.43. The smallest absolute Gasteiger partial charge is 0.185 e. The number of benzene rings is 1. The van der Waals surface area contributed by atoms with Crippen LogP contribution in [-0.2, 0) is 6.42 Å². The zero-order valence-electron chi connectivity index (χ0n) is 7.51. The Bertz CT molecular complexity index is 342. The van der Waals surface area contributed by atoms with Gasteiger partial charge in [0.2, 0.25) is 0 Å². The van der Waals surface area contributed by atoms with Crippen LogP contribution in [0.2, 0.25) is 0 Å². The van der Waals surface area contributed by atoms with E-state index < -0.39 is 0 Å². The van der Waals surface area contributed by atoms with Crippen LogP contribution in [0.1, 0.15) is 22.8 Å². The Morgan fingerprint density at radius 2 is 2.31 bits per heavy atom. The third-order valence-electron chi connectivity index (χ3n) is 1.90. The van der Waals surface area contributed by atoms with Gasteiger partial charge in [-0.2, -0.15) is 0 Å². The van der Waals surface area contributed by atoms with E-state index in [2.05, 4.69) is 29.4 Å². The summed E-state index contributed by atoms with van der Waals surface area (Å²) in [6.07, 6.45) is 2.29. The molecule has 1 aromatic rings. The number of carbonyl (C=O) groups is 1. The molecule has 0 aromatic heterocycles. The summed E-state index contributed by atoms with van der Waals surface area (Å²) >= 11 is 3.42. The number of halogens is 1. The van der Waals surface area contributed by atoms with Crippen molar-refractivity contribution in [2.45, 2.75) is 13.3 Å². The molecule has 0 aliphatic heterocycles. The minimum Gasteiger partial charge on any atom is -0.289 e. The fourth-order valence-electron chi connectivity index (χ4n) is 1.11. The van der Waals surface area contributed by atoms with E-state index in [4.69, 9.17) is 0 Å². The summed E-state index contributed by atoms with van der Waals surface area (Å²) in [4.78, 5) is 11.2. The summed E-state index contributed by atoms with van der Waals surface area (Å²) in [7, 11) is 0. The van der Waals surface area contributed by atoms with Crippen LogP contribution in [0.3, 0.4) is 0 Å². The Morgan fingerprint density at radius 1 is 1.62 bits per heavy atom. The highest BCUT2D eigenvalue weighted by molar-refractivity contribution is 9.10. The molecule has 0 N–H and O–H groups in total. The number of ketones is 1. The number of rotatable bonds is 3. The lowest BCUT2D eigenvalue weighted by atomic mass is 10.1. The van der Waals surface area contributed by atoms with Gasteiger partial charge in [0, 0.05) is 10.0 Å². The van der Waals surface area contributed by atoms with Crippen molar-refractivity contribution in [1.82, 2.24) is 0 Å². The van der Waals surface area contributed by atoms with Crippen LogP contribution in [0, 0.1) is 0 Å². The Morgan fingerprint density at radius 3 is 2.77 bits per heavy atom. The molecule has 0 saturated heterocycles. The number of hydrogen-bond donors (Lipinski definition) is 0. The highest BCUT2D eigenvalue weighted by atomic mass is 79.9. The lowest BCUT2D eigenvalue weighted by Gasteiger charge is -2.02. The second kappa shape index (κ2) is 4.38. The van der Waals surface area contributed by atoms with Crippen molar-refractivity contribution >= 4 is 21.7 Å². The van der Waals surface area contributed by atoms with Gasteiger partial charge in [-0.1, -0.05) is 41.6 Å². The first-order chi connectivity index (χ1) is 6.19. The molecule has 0 radical (unpaired) electrons. The fraction of sp³-hybridized carbons (Fsp3) is 0.182. The van der Waals surface area contributed by atoms with Crippen molar-refractivity contribution in [1.29, 1.82) is 0 Å². The zero-order chi connectivity index (χ0) is 9.84. The van der Waals surface area contributed by atoms with Crippen LogP contribution >= 0.6 is 15.9 Å². The molecule has 0 amide bonds. The first-order valence-electron chi connectivity index (χ1n) is 4.14. The van der Waals surface area contributed by atoms with E-state index in [0.717, 1.165) is 10.9 Å². The molecule has 0 saturated carbocycles. The number of aryl methyl sites for hydroxylation is 1. The molecular formula is C11H11BrO. The summed E-state index contributed by atoms with van der Waals surface area (Å²) in [5.41, 5.74) is 1.89. The number of allylic oxidation sites excluding steroid dienone is 1. The molecule has 0 bridgehead atoms. The van der Waals surface area contributed by atoms with Gasteiger partial charge in [-0.25, -0.2) is 0 Å². The van der Waals surface area contributed by atoms with Crippen molar-refractivity contribution in [2.75, 3.05) is 0 Å². The molecule has 0 unspecified atom stereocenters. The lowest BCUT2D eigenvalue weighted by molar-refractivity contribution is 0.104. The molecule has 2 heteroatoms. The van der Waals surface area contributed by atoms with Crippen LogP contribution < -0.4 is 0 Å². The van der Waals surface area contributed by atoms with Crippen LogP contribution in [0.5, 0.6) is 0 Å². The predicted molar refractivity (Wildman–Crippen MR) is 58.0 cm³/mol. The van der Waals surface area contributed by atoms with Gasteiger partial charge < -0.3 is 0 Å². The largest absolute Gasteiger partial charge is 0.289 e. The molecule has 0 spiro atoms. The molecule has 1 aromatic carbocycles. The molecule has 0 atom stereocenters. The van der Waals surface area contributed by atoms with E-state index in [9.17, 15) is 4.79 Å². The van der Waals surface area contributed by atoms with Crippen molar-refractivity contribution in [2.24, 2.45) is 0 Å². The fourth-order valence-corrected chi connectivity index (χ4v) is 1.76. The van der Waals surface area contributed by atoms with Gasteiger partial charge >= 0.3 is 0 Å². The highest BCUT2D eigenvalue weighted by Gasteiger charge is 2.03. The van der Waals surface area contributed by atoms with E-state index in [-0.39, 0.29) is 5.78 Å². The van der Waals surface area contributed by atoms with Crippen LogP contribution in [-0.4, -0.2) is 5.78 Å². The molecule has 68 valence electrons. The second-order valence-corrected chi connectivity index (χ2v) is 3.58. The first-order valence-corrected chi connectivity index (χ1v) is 4.93. The molecule has 13 heavy (non-hydrogen) atoms. The van der Waals surface area contributed by atoms with Crippen molar-refractivity contribution in [3.05, 3.63) is 46.5 Å². The van der Waals surface area contributed by atoms with Crippen LogP contribution in [0.4, 0.5) is 0 Å². The van der Waals surface area contributed by atoms with Crippen LogP contribution in [0.25, 0.3) is 0 Å². The predicted octanol–water partition coefficient (Wildman–Crippen LogP) is 3.38. The van der Waals surface area contributed by atoms with Gasteiger partial charge in [-0.05, 0) is 24.1 Å². The molecular weight excluding hydrogens is 228 g/mol. The Hall–Kier alpha value is -0.890. The number of carbonyl (C=O) groups excluding carboxylic acids is 1. The van der Waals surface area contributed by atoms with E-state index in [1.54, 1.807) is 0 Å². The lowest BCUT2D eigenvalue weighted by Crippen LogP contribution is -1.94. The second-order valence-electron chi connectivity index (χ2n) is 2.73. The third-order valence-corrected chi connectivity index (χ3v) is 2.64. The van der Waals surface area contributed by atoms with E-state index in [1.165, 1.54) is 11.6 Å². The Labute approximate surface area is 86.6 Å². The van der Waals surface area contributed by atoms with Gasteiger partial charge in [0.1, 0.15) is 0 Å². The molecule has 0 aliphatic carbocycles. The normalized spacial score (nSPS) is 9.69. The third kappa shape index (κ3) is 2.28. The Balaban J connectivity index is 3.09. The molecule has 1 rings (SSSR count). The van der Waals surface area contributed by atoms with Crippen molar-refractivity contribution in [3.8, 4) is 0 Å². The summed E-state index contributed by atoms with van der Waals surface area (Å²) in [6.45, 7) is 5.52. The highest BCUT2D eigenvalue weighted by Crippen LogP contribution is 2.19. The average molecular weight is 239 g/mol. The van der Waals surface area contributed by atoms with Crippen LogP contribution in [0.15, 0.2) is 35.3 Å². The first kappa shape index (κ1) is 10.2. The average Bonchev–Trinajstić information content (AvgIpc) is 2.16. The zero-order valence-corrected chi connectivity index (χ0v) is 9.10. The summed E-state index contributed by atoms with van der Waals surface area (Å²) in [6, 6.07) is 5.62. The van der Waals surface area contributed by atoms with Gasteiger partial charge in [-0.3, -0.25) is 4.79 Å². The van der Waals surface area contributed by atoms with Gasteiger partial charge in [0.15, 0.2) is 5.78 Å². The van der Waals surface area contributed by atoms with Crippen molar-refractivity contribution in [3.63, 3.8) is 0 Å². The van der Waals surface area contributed by atoms with Gasteiger partial charge in [-0.15, -0.1) is 0 Å². The maximum absolute atomic E-state index is 11.2. The number of hydrogen-bond acceptors (Lipinski definition) is 1. The standard InChI is InChI=1S/C11H11BrO/c1-3-8-5-6-9(7-10(8)12)11(13)4-2/h4-7H,2-3H2,1H3. The maximum atomic E-state index is 11.2. The molecule has 1 nitrogen and oxygen atoms in total. The van der Waals surface area contributed by atoms with Gasteiger partial charge in [0.05, 0.1) is 0 Å².